The standard InChI is InChI=1S/C14H21N3O2/c1-10(2)8-16(12-4-5-12)9-11-3-6-14(17(18)19)13(15)7-11/h3,6-7,10,12H,4-5,8-9,15H2,1-2H3. The highest BCUT2D eigenvalue weighted by molar-refractivity contribution is 5.59. The first kappa shape index (κ1) is 13.8. The van der Waals surface area contributed by atoms with Crippen LogP contribution in [0.25, 0.3) is 0 Å². The normalized spacial score (nSPS) is 15.2. The summed E-state index contributed by atoms with van der Waals surface area (Å²) in [5.41, 5.74) is 7.03. The largest absolute Gasteiger partial charge is 0.393 e. The molecule has 1 aromatic rings. The van der Waals surface area contributed by atoms with Gasteiger partial charge >= 0.3 is 0 Å². The summed E-state index contributed by atoms with van der Waals surface area (Å²) in [6.07, 6.45) is 2.52. The third-order valence-corrected chi connectivity index (χ3v) is 3.34. The fraction of sp³-hybridized carbons (Fsp3) is 0.571. The predicted octanol–water partition coefficient (Wildman–Crippen LogP) is 2.80. The Kier molecular flexibility index (Phi) is 4.04. The lowest BCUT2D eigenvalue weighted by Crippen LogP contribution is -2.29. The molecule has 0 aromatic heterocycles. The minimum atomic E-state index is -0.439. The Hall–Kier alpha value is -1.62. The summed E-state index contributed by atoms with van der Waals surface area (Å²) in [4.78, 5) is 12.7. The molecule has 104 valence electrons. The third kappa shape index (κ3) is 3.67. The highest BCUT2D eigenvalue weighted by Gasteiger charge is 2.29. The highest BCUT2D eigenvalue weighted by atomic mass is 16.6. The van der Waals surface area contributed by atoms with E-state index >= 15 is 0 Å². The molecule has 0 aliphatic heterocycles. The molecule has 0 spiro atoms. The van der Waals surface area contributed by atoms with Crippen molar-refractivity contribution in [2.24, 2.45) is 5.92 Å². The van der Waals surface area contributed by atoms with E-state index in [0.29, 0.717) is 12.0 Å². The van der Waals surface area contributed by atoms with E-state index in [9.17, 15) is 10.1 Å². The van der Waals surface area contributed by atoms with Crippen LogP contribution in [0.5, 0.6) is 0 Å². The fourth-order valence-electron chi connectivity index (χ4n) is 2.35. The van der Waals surface area contributed by atoms with Crippen LogP contribution in [0.15, 0.2) is 18.2 Å². The zero-order valence-corrected chi connectivity index (χ0v) is 11.5. The van der Waals surface area contributed by atoms with Crippen LogP contribution in [0.3, 0.4) is 0 Å². The molecule has 2 N–H and O–H groups in total. The van der Waals surface area contributed by atoms with Crippen LogP contribution in [-0.4, -0.2) is 22.4 Å². The van der Waals surface area contributed by atoms with Crippen LogP contribution in [-0.2, 0) is 6.54 Å². The molecule has 1 fully saturated rings. The zero-order chi connectivity index (χ0) is 14.0. The number of nitrogens with zero attached hydrogens (tertiary/aromatic N) is 2. The number of benzene rings is 1. The SMILES string of the molecule is CC(C)CN(Cc1ccc([N+](=O)[O-])c(N)c1)C1CC1. The molecule has 1 aliphatic rings. The van der Waals surface area contributed by atoms with Gasteiger partial charge in [0.2, 0.25) is 0 Å². The van der Waals surface area contributed by atoms with Crippen LogP contribution < -0.4 is 5.73 Å². The summed E-state index contributed by atoms with van der Waals surface area (Å²) < 4.78 is 0. The average molecular weight is 263 g/mol. The number of rotatable bonds is 6. The van der Waals surface area contributed by atoms with Crippen LogP contribution in [0.1, 0.15) is 32.3 Å². The number of anilines is 1. The summed E-state index contributed by atoms with van der Waals surface area (Å²) in [5, 5.41) is 10.7. The first-order valence-electron chi connectivity index (χ1n) is 6.74. The van der Waals surface area contributed by atoms with E-state index in [-0.39, 0.29) is 11.4 Å². The zero-order valence-electron chi connectivity index (χ0n) is 11.5. The van der Waals surface area contributed by atoms with Crippen LogP contribution >= 0.6 is 0 Å². The quantitative estimate of drug-likeness (QED) is 0.486. The minimum Gasteiger partial charge on any atom is -0.393 e. The molecule has 5 nitrogen and oxygen atoms in total. The van der Waals surface area contributed by atoms with E-state index < -0.39 is 4.92 Å². The van der Waals surface area contributed by atoms with Gasteiger partial charge in [-0.05, 0) is 30.4 Å². The van der Waals surface area contributed by atoms with Gasteiger partial charge in [0.05, 0.1) is 4.92 Å². The van der Waals surface area contributed by atoms with Gasteiger partial charge in [-0.25, -0.2) is 0 Å². The van der Waals surface area contributed by atoms with Gasteiger partial charge in [-0.2, -0.15) is 0 Å². The fourth-order valence-corrected chi connectivity index (χ4v) is 2.35. The van der Waals surface area contributed by atoms with Gasteiger partial charge in [0.1, 0.15) is 5.69 Å². The summed E-state index contributed by atoms with van der Waals surface area (Å²) in [6.45, 7) is 6.30. The van der Waals surface area contributed by atoms with Crippen molar-refractivity contribution in [3.8, 4) is 0 Å². The Morgan fingerprint density at radius 1 is 1.47 bits per heavy atom. The molecule has 5 heteroatoms. The summed E-state index contributed by atoms with van der Waals surface area (Å²) in [7, 11) is 0. The Bertz CT molecular complexity index is 470. The van der Waals surface area contributed by atoms with E-state index in [1.165, 1.54) is 18.9 Å². The van der Waals surface area contributed by atoms with Crippen molar-refractivity contribution in [3.63, 3.8) is 0 Å². The first-order chi connectivity index (χ1) is 8.97. The average Bonchev–Trinajstić information content (AvgIpc) is 3.10. The molecule has 0 heterocycles. The van der Waals surface area contributed by atoms with Gasteiger partial charge in [0.15, 0.2) is 0 Å². The molecule has 2 rings (SSSR count). The smallest absolute Gasteiger partial charge is 0.292 e. The Balaban J connectivity index is 2.08. The molecule has 0 bridgehead atoms. The Labute approximate surface area is 113 Å². The maximum absolute atomic E-state index is 10.7. The molecule has 1 saturated carbocycles. The molecular weight excluding hydrogens is 242 g/mol. The van der Waals surface area contributed by atoms with Crippen molar-refractivity contribution >= 4 is 11.4 Å². The number of nitrogen functional groups attached to an aromatic ring is 1. The molecule has 0 atom stereocenters. The van der Waals surface area contributed by atoms with E-state index in [4.69, 9.17) is 5.73 Å². The molecule has 1 aromatic carbocycles. The van der Waals surface area contributed by atoms with E-state index in [1.54, 1.807) is 6.07 Å². The predicted molar refractivity (Wildman–Crippen MR) is 75.8 cm³/mol. The van der Waals surface area contributed by atoms with E-state index in [0.717, 1.165) is 18.7 Å². The number of nitro benzene ring substituents is 1. The van der Waals surface area contributed by atoms with Crippen molar-refractivity contribution < 1.29 is 4.92 Å². The third-order valence-electron chi connectivity index (χ3n) is 3.34. The molecule has 19 heavy (non-hydrogen) atoms. The second-order valence-electron chi connectivity index (χ2n) is 5.70. The van der Waals surface area contributed by atoms with Crippen LogP contribution in [0.4, 0.5) is 11.4 Å². The topological polar surface area (TPSA) is 72.4 Å². The highest BCUT2D eigenvalue weighted by Crippen LogP contribution is 2.30. The van der Waals surface area contributed by atoms with Gasteiger partial charge < -0.3 is 5.73 Å². The summed E-state index contributed by atoms with van der Waals surface area (Å²) in [6, 6.07) is 5.72. The van der Waals surface area contributed by atoms with Gasteiger partial charge in [-0.15, -0.1) is 0 Å². The Morgan fingerprint density at radius 3 is 2.63 bits per heavy atom. The Morgan fingerprint density at radius 2 is 2.16 bits per heavy atom. The monoisotopic (exact) mass is 263 g/mol. The molecule has 0 saturated heterocycles. The molecule has 1 aliphatic carbocycles. The second-order valence-corrected chi connectivity index (χ2v) is 5.70. The lowest BCUT2D eigenvalue weighted by atomic mass is 10.1. The molecule has 0 radical (unpaired) electrons. The van der Waals surface area contributed by atoms with E-state index in [2.05, 4.69) is 18.7 Å². The lowest BCUT2D eigenvalue weighted by Gasteiger charge is -2.24. The maximum atomic E-state index is 10.7. The second kappa shape index (κ2) is 5.57. The lowest BCUT2D eigenvalue weighted by molar-refractivity contribution is -0.383. The van der Waals surface area contributed by atoms with Gasteiger partial charge in [-0.3, -0.25) is 15.0 Å². The molecule has 0 amide bonds. The van der Waals surface area contributed by atoms with Crippen molar-refractivity contribution in [2.45, 2.75) is 39.3 Å². The van der Waals surface area contributed by atoms with Crippen molar-refractivity contribution in [2.75, 3.05) is 12.3 Å². The van der Waals surface area contributed by atoms with Crippen molar-refractivity contribution in [3.05, 3.63) is 33.9 Å². The molecular formula is C14H21N3O2. The number of hydrogen-bond donors (Lipinski definition) is 1. The summed E-state index contributed by atoms with van der Waals surface area (Å²) >= 11 is 0. The van der Waals surface area contributed by atoms with E-state index in [1.807, 2.05) is 6.07 Å². The van der Waals surface area contributed by atoms with Crippen LogP contribution in [0, 0.1) is 16.0 Å². The van der Waals surface area contributed by atoms with Gasteiger partial charge in [0, 0.05) is 25.2 Å². The van der Waals surface area contributed by atoms with Crippen molar-refractivity contribution in [1.29, 1.82) is 0 Å². The maximum Gasteiger partial charge on any atom is 0.292 e. The number of nitro groups is 1. The van der Waals surface area contributed by atoms with Gasteiger partial charge in [-0.1, -0.05) is 19.9 Å². The van der Waals surface area contributed by atoms with Crippen LogP contribution in [0.2, 0.25) is 0 Å². The van der Waals surface area contributed by atoms with Crippen molar-refractivity contribution in [1.82, 2.24) is 4.90 Å². The first-order valence-corrected chi connectivity index (χ1v) is 6.74. The van der Waals surface area contributed by atoms with Gasteiger partial charge in [0.25, 0.3) is 5.69 Å². The number of nitrogens with two attached hydrogens (primary N) is 1. The minimum absolute atomic E-state index is 0.00872. The number of hydrogen-bond acceptors (Lipinski definition) is 4. The summed E-state index contributed by atoms with van der Waals surface area (Å²) in [5.74, 6) is 0.621. The molecule has 0 unspecified atom stereocenters.